The summed E-state index contributed by atoms with van der Waals surface area (Å²) < 4.78 is 0. The van der Waals surface area contributed by atoms with Crippen LogP contribution in [0, 0.1) is 23.7 Å². The van der Waals surface area contributed by atoms with Crippen LogP contribution in [-0.4, -0.2) is 18.5 Å². The van der Waals surface area contributed by atoms with Crippen LogP contribution in [-0.2, 0) is 4.79 Å². The minimum absolute atomic E-state index is 0.137. The molecule has 3 N–H and O–H groups in total. The number of carbonyl (C=O) groups is 1. The lowest BCUT2D eigenvalue weighted by atomic mass is 9.72. The maximum atomic E-state index is 12.3. The lowest BCUT2D eigenvalue weighted by Gasteiger charge is -2.36. The number of amides is 1. The molecule has 0 radical (unpaired) electrons. The molecule has 0 bridgehead atoms. The molecule has 1 amide bonds. The highest BCUT2D eigenvalue weighted by molar-refractivity contribution is 5.79. The van der Waals surface area contributed by atoms with E-state index in [1.54, 1.807) is 0 Å². The third-order valence-corrected chi connectivity index (χ3v) is 5.06. The lowest BCUT2D eigenvalue weighted by Crippen LogP contribution is -2.45. The third kappa shape index (κ3) is 3.25. The maximum Gasteiger partial charge on any atom is 0.223 e. The van der Waals surface area contributed by atoms with Gasteiger partial charge in [-0.15, -0.1) is 0 Å². The van der Waals surface area contributed by atoms with Gasteiger partial charge in [0, 0.05) is 18.5 Å². The normalized spacial score (nSPS) is 37.7. The summed E-state index contributed by atoms with van der Waals surface area (Å²) in [7, 11) is 0. The van der Waals surface area contributed by atoms with Crippen LogP contribution in [0.5, 0.6) is 0 Å². The molecule has 4 atom stereocenters. The van der Waals surface area contributed by atoms with E-state index in [9.17, 15) is 4.79 Å². The molecular formula is C15H28N2O. The molecule has 18 heavy (non-hydrogen) atoms. The second-order valence-electron chi connectivity index (χ2n) is 6.59. The molecule has 2 aliphatic carbocycles. The van der Waals surface area contributed by atoms with E-state index in [1.807, 2.05) is 0 Å². The van der Waals surface area contributed by atoms with Crippen molar-refractivity contribution in [3.63, 3.8) is 0 Å². The molecular weight excluding hydrogens is 224 g/mol. The van der Waals surface area contributed by atoms with E-state index < -0.39 is 0 Å². The van der Waals surface area contributed by atoms with Gasteiger partial charge in [0.1, 0.15) is 0 Å². The molecule has 0 spiro atoms. The zero-order valence-corrected chi connectivity index (χ0v) is 11.8. The molecule has 2 saturated carbocycles. The van der Waals surface area contributed by atoms with Gasteiger partial charge in [0.15, 0.2) is 0 Å². The van der Waals surface area contributed by atoms with Gasteiger partial charge in [-0.05, 0) is 43.4 Å². The van der Waals surface area contributed by atoms with Crippen LogP contribution in [0.25, 0.3) is 0 Å². The summed E-state index contributed by atoms with van der Waals surface area (Å²) in [4.78, 5) is 12.3. The van der Waals surface area contributed by atoms with Gasteiger partial charge in [-0.1, -0.05) is 26.7 Å². The van der Waals surface area contributed by atoms with Gasteiger partial charge in [0.2, 0.25) is 5.91 Å². The van der Waals surface area contributed by atoms with Crippen molar-refractivity contribution < 1.29 is 4.79 Å². The molecule has 104 valence electrons. The van der Waals surface area contributed by atoms with Crippen LogP contribution in [0.2, 0.25) is 0 Å². The Labute approximate surface area is 111 Å². The summed E-state index contributed by atoms with van der Waals surface area (Å²) in [5.74, 6) is 2.14. The lowest BCUT2D eigenvalue weighted by molar-refractivity contribution is -0.128. The van der Waals surface area contributed by atoms with E-state index in [2.05, 4.69) is 19.2 Å². The number of nitrogens with two attached hydrogens (primary N) is 1. The molecule has 0 aromatic heterocycles. The van der Waals surface area contributed by atoms with E-state index in [0.717, 1.165) is 25.3 Å². The molecule has 0 aromatic carbocycles. The van der Waals surface area contributed by atoms with Crippen molar-refractivity contribution >= 4 is 5.91 Å². The smallest absolute Gasteiger partial charge is 0.223 e. The number of carbonyl (C=O) groups excluding carboxylic acids is 1. The van der Waals surface area contributed by atoms with Crippen LogP contribution in [0.4, 0.5) is 0 Å². The zero-order chi connectivity index (χ0) is 13.1. The van der Waals surface area contributed by atoms with Gasteiger partial charge in [-0.25, -0.2) is 0 Å². The SMILES string of the molecule is CC1CC(C)C(C(=O)NCC2CCCC2)CC1N. The Balaban J connectivity index is 1.80. The Morgan fingerprint density at radius 3 is 2.50 bits per heavy atom. The van der Waals surface area contributed by atoms with Gasteiger partial charge < -0.3 is 11.1 Å². The van der Waals surface area contributed by atoms with Crippen molar-refractivity contribution in [2.45, 2.75) is 58.4 Å². The molecule has 2 fully saturated rings. The summed E-state index contributed by atoms with van der Waals surface area (Å²) in [5.41, 5.74) is 6.11. The van der Waals surface area contributed by atoms with Gasteiger partial charge in [0.25, 0.3) is 0 Å². The maximum absolute atomic E-state index is 12.3. The highest BCUT2D eigenvalue weighted by Gasteiger charge is 2.35. The minimum Gasteiger partial charge on any atom is -0.356 e. The van der Waals surface area contributed by atoms with Gasteiger partial charge in [-0.2, -0.15) is 0 Å². The predicted octanol–water partition coefficient (Wildman–Crippen LogP) is 2.30. The van der Waals surface area contributed by atoms with Crippen LogP contribution in [0.3, 0.4) is 0 Å². The summed E-state index contributed by atoms with van der Waals surface area (Å²) >= 11 is 0. The van der Waals surface area contributed by atoms with Crippen molar-refractivity contribution in [3.05, 3.63) is 0 Å². The molecule has 0 saturated heterocycles. The van der Waals surface area contributed by atoms with Crippen molar-refractivity contribution in [3.8, 4) is 0 Å². The highest BCUT2D eigenvalue weighted by atomic mass is 16.1. The summed E-state index contributed by atoms with van der Waals surface area (Å²) in [5, 5.41) is 3.17. The number of nitrogens with one attached hydrogen (secondary N) is 1. The molecule has 0 aliphatic heterocycles. The van der Waals surface area contributed by atoms with E-state index in [-0.39, 0.29) is 17.9 Å². The topological polar surface area (TPSA) is 55.1 Å². The van der Waals surface area contributed by atoms with Gasteiger partial charge >= 0.3 is 0 Å². The molecule has 4 unspecified atom stereocenters. The Bertz CT molecular complexity index is 286. The van der Waals surface area contributed by atoms with E-state index in [1.165, 1.54) is 25.7 Å². The first kappa shape index (κ1) is 13.9. The summed E-state index contributed by atoms with van der Waals surface area (Å²) in [6, 6.07) is 0.198. The van der Waals surface area contributed by atoms with E-state index in [0.29, 0.717) is 11.8 Å². The highest BCUT2D eigenvalue weighted by Crippen LogP contribution is 2.33. The molecule has 2 aliphatic rings. The Kier molecular flexibility index (Phi) is 4.66. The van der Waals surface area contributed by atoms with Crippen LogP contribution < -0.4 is 11.1 Å². The Hall–Kier alpha value is -0.570. The number of hydrogen-bond donors (Lipinski definition) is 2. The second kappa shape index (κ2) is 6.05. The fourth-order valence-corrected chi connectivity index (χ4v) is 3.64. The molecule has 2 rings (SSSR count). The minimum atomic E-state index is 0.137. The van der Waals surface area contributed by atoms with E-state index >= 15 is 0 Å². The fraction of sp³-hybridized carbons (Fsp3) is 0.933. The average Bonchev–Trinajstić information content (AvgIpc) is 2.84. The first-order valence-electron chi connectivity index (χ1n) is 7.61. The van der Waals surface area contributed by atoms with E-state index in [4.69, 9.17) is 5.73 Å². The fourth-order valence-electron chi connectivity index (χ4n) is 3.64. The Morgan fingerprint density at radius 1 is 1.17 bits per heavy atom. The van der Waals surface area contributed by atoms with Crippen molar-refractivity contribution in [2.24, 2.45) is 29.4 Å². The second-order valence-corrected chi connectivity index (χ2v) is 6.59. The van der Waals surface area contributed by atoms with Crippen molar-refractivity contribution in [1.82, 2.24) is 5.32 Å². The third-order valence-electron chi connectivity index (χ3n) is 5.06. The molecule has 0 heterocycles. The first-order valence-corrected chi connectivity index (χ1v) is 7.61. The predicted molar refractivity (Wildman–Crippen MR) is 74.0 cm³/mol. The van der Waals surface area contributed by atoms with Gasteiger partial charge in [-0.3, -0.25) is 4.79 Å². The van der Waals surface area contributed by atoms with Crippen LogP contribution >= 0.6 is 0 Å². The quantitative estimate of drug-likeness (QED) is 0.810. The number of rotatable bonds is 3. The monoisotopic (exact) mass is 252 g/mol. The molecule has 3 nitrogen and oxygen atoms in total. The zero-order valence-electron chi connectivity index (χ0n) is 11.8. The van der Waals surface area contributed by atoms with Crippen LogP contribution in [0.1, 0.15) is 52.4 Å². The summed E-state index contributed by atoms with van der Waals surface area (Å²) in [6.45, 7) is 5.28. The Morgan fingerprint density at radius 2 is 1.83 bits per heavy atom. The van der Waals surface area contributed by atoms with Crippen LogP contribution in [0.15, 0.2) is 0 Å². The molecule has 0 aromatic rings. The van der Waals surface area contributed by atoms with Crippen molar-refractivity contribution in [1.29, 1.82) is 0 Å². The summed E-state index contributed by atoms with van der Waals surface area (Å²) in [6.07, 6.45) is 7.20. The van der Waals surface area contributed by atoms with Gasteiger partial charge in [0.05, 0.1) is 0 Å². The molecule has 3 heteroatoms. The standard InChI is InChI=1S/C15H28N2O/c1-10-7-11(2)14(16)8-13(10)15(18)17-9-12-5-3-4-6-12/h10-14H,3-9,16H2,1-2H3,(H,17,18). The number of hydrogen-bond acceptors (Lipinski definition) is 2. The van der Waals surface area contributed by atoms with Crippen molar-refractivity contribution in [2.75, 3.05) is 6.54 Å². The average molecular weight is 252 g/mol. The largest absolute Gasteiger partial charge is 0.356 e. The first-order chi connectivity index (χ1) is 8.58.